The van der Waals surface area contributed by atoms with E-state index in [4.69, 9.17) is 21.3 Å². The lowest BCUT2D eigenvalue weighted by atomic mass is 9.96. The highest BCUT2D eigenvalue weighted by molar-refractivity contribution is 6.36. The van der Waals surface area contributed by atoms with Gasteiger partial charge in [0, 0.05) is 62.2 Å². The molecule has 2 aromatic carbocycles. The van der Waals surface area contributed by atoms with Gasteiger partial charge in [-0.2, -0.15) is 0 Å². The Labute approximate surface area is 265 Å². The number of pyridine rings is 1. The number of hydrogen-bond donors (Lipinski definition) is 3. The van der Waals surface area contributed by atoms with E-state index in [1.165, 1.54) is 24.9 Å². The molecule has 5 rings (SSSR count). The summed E-state index contributed by atoms with van der Waals surface area (Å²) < 4.78 is 7.70. The molecule has 3 heterocycles. The highest BCUT2D eigenvalue weighted by Gasteiger charge is 2.32. The number of nitrogens with one attached hydrogen (secondary N) is 3. The van der Waals surface area contributed by atoms with E-state index < -0.39 is 17.2 Å². The second-order valence-corrected chi connectivity index (χ2v) is 11.9. The van der Waals surface area contributed by atoms with E-state index in [9.17, 15) is 19.2 Å². The minimum atomic E-state index is -0.679. The molecule has 0 bridgehead atoms. The van der Waals surface area contributed by atoms with Gasteiger partial charge < -0.3 is 25.3 Å². The molecular weight excluding hydrogens is 596 g/mol. The fraction of sp³-hybridized carbons (Fsp3) is 0.303. The minimum Gasteiger partial charge on any atom is -0.481 e. The zero-order chi connectivity index (χ0) is 32.5. The number of nitrogens with zero attached hydrogens (tertiary/aromatic N) is 3. The smallest absolute Gasteiger partial charge is 0.330 e. The molecular formula is C33H35ClN6O5. The van der Waals surface area contributed by atoms with Gasteiger partial charge in [-0.05, 0) is 43.5 Å². The van der Waals surface area contributed by atoms with Crippen molar-refractivity contribution >= 4 is 29.1 Å². The van der Waals surface area contributed by atoms with Crippen molar-refractivity contribution in [3.63, 3.8) is 0 Å². The van der Waals surface area contributed by atoms with Crippen LogP contribution >= 0.6 is 11.6 Å². The van der Waals surface area contributed by atoms with Crippen LogP contribution in [0.4, 0.5) is 5.69 Å². The lowest BCUT2D eigenvalue weighted by molar-refractivity contribution is -0.119. The van der Waals surface area contributed by atoms with Crippen LogP contribution in [-0.4, -0.2) is 45.1 Å². The van der Waals surface area contributed by atoms with Gasteiger partial charge in [0.2, 0.25) is 11.8 Å². The fourth-order valence-corrected chi connectivity index (χ4v) is 5.87. The largest absolute Gasteiger partial charge is 0.481 e. The zero-order valence-electron chi connectivity index (χ0n) is 25.8. The molecule has 1 saturated heterocycles. The monoisotopic (exact) mass is 630 g/mol. The summed E-state index contributed by atoms with van der Waals surface area (Å²) in [5.74, 6) is -0.0890. The minimum absolute atomic E-state index is 0.0714. The molecule has 1 fully saturated rings. The molecule has 1 aliphatic rings. The van der Waals surface area contributed by atoms with Gasteiger partial charge >= 0.3 is 5.69 Å². The highest BCUT2D eigenvalue weighted by atomic mass is 35.5. The number of amides is 2. The van der Waals surface area contributed by atoms with Crippen molar-refractivity contribution < 1.29 is 14.3 Å². The van der Waals surface area contributed by atoms with Gasteiger partial charge in [-0.3, -0.25) is 19.0 Å². The molecule has 11 nitrogen and oxygen atoms in total. The molecule has 0 aliphatic carbocycles. The van der Waals surface area contributed by atoms with Gasteiger partial charge in [0.25, 0.3) is 11.5 Å². The van der Waals surface area contributed by atoms with Crippen molar-refractivity contribution in [2.24, 2.45) is 14.1 Å². The summed E-state index contributed by atoms with van der Waals surface area (Å²) in [6.07, 6.45) is 2.55. The van der Waals surface area contributed by atoms with E-state index in [1.54, 1.807) is 19.2 Å². The van der Waals surface area contributed by atoms with Crippen LogP contribution in [0.2, 0.25) is 5.02 Å². The van der Waals surface area contributed by atoms with E-state index >= 15 is 0 Å². The van der Waals surface area contributed by atoms with Crippen LogP contribution in [-0.2, 0) is 25.4 Å². The van der Waals surface area contributed by atoms with Crippen molar-refractivity contribution in [1.29, 1.82) is 0 Å². The first-order valence-electron chi connectivity index (χ1n) is 14.4. The number of ether oxygens (including phenoxy) is 1. The summed E-state index contributed by atoms with van der Waals surface area (Å²) in [6, 6.07) is 14.9. The lowest BCUT2D eigenvalue weighted by Crippen LogP contribution is -2.46. The van der Waals surface area contributed by atoms with Crippen molar-refractivity contribution in [3.05, 3.63) is 97.3 Å². The van der Waals surface area contributed by atoms with Gasteiger partial charge in [0.15, 0.2) is 0 Å². The maximum Gasteiger partial charge on any atom is 0.330 e. The Hall–Kier alpha value is -4.74. The van der Waals surface area contributed by atoms with Crippen molar-refractivity contribution in [3.8, 4) is 28.3 Å². The van der Waals surface area contributed by atoms with E-state index in [1.807, 2.05) is 50.2 Å². The first-order chi connectivity index (χ1) is 21.4. The summed E-state index contributed by atoms with van der Waals surface area (Å²) >= 11 is 7.00. The number of carbonyl (C=O) groups excluding carboxylic acids is 2. The predicted molar refractivity (Wildman–Crippen MR) is 174 cm³/mol. The van der Waals surface area contributed by atoms with Gasteiger partial charge in [0.1, 0.15) is 5.56 Å². The topological polar surface area (TPSA) is 136 Å². The van der Waals surface area contributed by atoms with Gasteiger partial charge in [-0.1, -0.05) is 48.0 Å². The van der Waals surface area contributed by atoms with Gasteiger partial charge in [0.05, 0.1) is 23.4 Å². The van der Waals surface area contributed by atoms with Crippen LogP contribution in [0.15, 0.2) is 64.3 Å². The number of hydrogen-bond acceptors (Lipinski definition) is 7. The van der Waals surface area contributed by atoms with E-state index in [0.717, 1.165) is 33.2 Å². The summed E-state index contributed by atoms with van der Waals surface area (Å²) in [6.45, 7) is 5.02. The number of benzene rings is 2. The average Bonchev–Trinajstić information content (AvgIpc) is 3.37. The Balaban J connectivity index is 1.40. The molecule has 4 aromatic rings. The Morgan fingerprint density at radius 2 is 1.78 bits per heavy atom. The Bertz CT molecular complexity index is 1930. The number of aryl methyl sites for hydroxylation is 1. The highest BCUT2D eigenvalue weighted by Crippen LogP contribution is 2.39. The molecule has 1 atom stereocenters. The first kappa shape index (κ1) is 31.7. The SMILES string of the molecule is COc1nc(-c2cccc(-c3cccc(NC(=O)c4cn(C)c(=O)n(C)c4=O)c3C)c2Cl)ccc1CNCC1(C)CCC(=O)N1. The number of rotatable bonds is 9. The van der Waals surface area contributed by atoms with Crippen LogP contribution in [0.5, 0.6) is 5.88 Å². The van der Waals surface area contributed by atoms with E-state index in [-0.39, 0.29) is 17.0 Å². The van der Waals surface area contributed by atoms with E-state index in [0.29, 0.717) is 47.4 Å². The molecule has 12 heteroatoms. The third-order valence-corrected chi connectivity index (χ3v) is 8.55. The quantitative estimate of drug-likeness (QED) is 0.256. The van der Waals surface area contributed by atoms with Crippen LogP contribution < -0.4 is 31.9 Å². The second kappa shape index (κ2) is 12.7. The van der Waals surface area contributed by atoms with Crippen LogP contribution in [0, 0.1) is 6.92 Å². The number of halogens is 1. The molecule has 0 radical (unpaired) electrons. The maximum absolute atomic E-state index is 13.1. The molecule has 0 spiro atoms. The fourth-order valence-electron chi connectivity index (χ4n) is 5.54. The zero-order valence-corrected chi connectivity index (χ0v) is 26.5. The van der Waals surface area contributed by atoms with Gasteiger partial charge in [-0.15, -0.1) is 0 Å². The van der Waals surface area contributed by atoms with Crippen LogP contribution in [0.3, 0.4) is 0 Å². The molecule has 0 saturated carbocycles. The molecule has 45 heavy (non-hydrogen) atoms. The van der Waals surface area contributed by atoms with Crippen LogP contribution in [0.25, 0.3) is 22.4 Å². The standard InChI is InChI=1S/C33H35ClN6O5/c1-19-21(8-7-11-25(19)36-29(42)24-17-39(3)32(44)40(4)31(24)43)22-9-6-10-23(28(22)34)26-13-12-20(30(37-26)45-5)16-35-18-33(2)15-14-27(41)38-33/h6-13,17,35H,14-16,18H2,1-5H3,(H,36,42)(H,38,41). The maximum atomic E-state index is 13.1. The first-order valence-corrected chi connectivity index (χ1v) is 14.8. The third kappa shape index (κ3) is 6.40. The van der Waals surface area contributed by atoms with Gasteiger partial charge in [-0.25, -0.2) is 9.78 Å². The molecule has 1 unspecified atom stereocenters. The average molecular weight is 631 g/mol. The van der Waals surface area contributed by atoms with Crippen molar-refractivity contribution in [1.82, 2.24) is 24.8 Å². The molecule has 1 aliphatic heterocycles. The predicted octanol–water partition coefficient (Wildman–Crippen LogP) is 3.79. The third-order valence-electron chi connectivity index (χ3n) is 8.15. The summed E-state index contributed by atoms with van der Waals surface area (Å²) in [5, 5.41) is 9.71. The molecule has 2 aromatic heterocycles. The molecule has 234 valence electrons. The summed E-state index contributed by atoms with van der Waals surface area (Å²) in [4.78, 5) is 54.2. The normalized spacial score (nSPS) is 16.0. The second-order valence-electron chi connectivity index (χ2n) is 11.5. The van der Waals surface area contributed by atoms with E-state index in [2.05, 4.69) is 16.0 Å². The van der Waals surface area contributed by atoms with Crippen molar-refractivity contribution in [2.75, 3.05) is 19.0 Å². The number of anilines is 1. The number of aromatic nitrogens is 3. The molecule has 3 N–H and O–H groups in total. The summed E-state index contributed by atoms with van der Waals surface area (Å²) in [5.41, 5.74) is 3.34. The Kier molecular flexibility index (Phi) is 8.94. The number of carbonyl (C=O) groups is 2. The Morgan fingerprint density at radius 3 is 2.49 bits per heavy atom. The van der Waals surface area contributed by atoms with Crippen molar-refractivity contribution in [2.45, 2.75) is 38.8 Å². The number of methoxy groups -OCH3 is 1. The molecule has 2 amide bonds. The van der Waals surface area contributed by atoms with Crippen LogP contribution in [0.1, 0.15) is 41.3 Å². The lowest BCUT2D eigenvalue weighted by Gasteiger charge is -2.24. The Morgan fingerprint density at radius 1 is 1.07 bits per heavy atom. The summed E-state index contributed by atoms with van der Waals surface area (Å²) in [7, 11) is 4.38.